The van der Waals surface area contributed by atoms with Crippen molar-refractivity contribution in [2.75, 3.05) is 0 Å². The Morgan fingerprint density at radius 2 is 0.590 bits per heavy atom. The number of furan rings is 1. The molecule has 0 N–H and O–H groups in total. The lowest BCUT2D eigenvalue weighted by Crippen LogP contribution is -2.05. The van der Waals surface area contributed by atoms with E-state index in [9.17, 15) is 0 Å². The summed E-state index contributed by atoms with van der Waals surface area (Å²) >= 11 is 7.23. The molecule has 0 amide bonds. The van der Waals surface area contributed by atoms with Gasteiger partial charge in [0.1, 0.15) is 11.2 Å². The summed E-state index contributed by atoms with van der Waals surface area (Å²) < 4.78 is 20.7. The van der Waals surface area contributed by atoms with Crippen LogP contribution in [0.4, 0.5) is 0 Å². The Kier molecular flexibility index (Phi) is 17.8. The minimum atomic E-state index is 0.684. The second-order valence-electron chi connectivity index (χ2n) is 37.6. The molecule has 0 fully saturated rings. The van der Waals surface area contributed by atoms with E-state index in [1.807, 2.05) is 29.2 Å². The van der Waals surface area contributed by atoms with Crippen molar-refractivity contribution < 1.29 is 4.42 Å². The Bertz CT molecular complexity index is 10900. The Hall–Kier alpha value is -17.5. The fraction of sp³-hybridized carbons (Fsp3) is 0.0156. The van der Waals surface area contributed by atoms with Crippen LogP contribution in [0.1, 0.15) is 11.1 Å². The predicted molar refractivity (Wildman–Crippen MR) is 599 cm³/mol. The monoisotopic (exact) mass is 1910 g/mol. The van der Waals surface area contributed by atoms with Crippen LogP contribution in [-0.2, 0) is 0 Å². The summed E-state index contributed by atoms with van der Waals surface area (Å²) in [7, 11) is 0. The fourth-order valence-corrected chi connectivity index (χ4v) is 27.7. The van der Waals surface area contributed by atoms with E-state index in [2.05, 4.69) is 449 Å². The van der Waals surface area contributed by atoms with Crippen LogP contribution in [0.3, 0.4) is 0 Å². The van der Waals surface area contributed by atoms with E-state index < -0.39 is 0 Å². The number of hydrogen-bond acceptors (Lipinski definition) is 11. The Balaban J connectivity index is 0.0000000988. The molecule has 33 rings (SSSR count). The van der Waals surface area contributed by atoms with Crippen LogP contribution in [-0.4, -0.2) is 52.7 Å². The highest BCUT2D eigenvalue weighted by Crippen LogP contribution is 2.56. The third kappa shape index (κ3) is 12.2. The second kappa shape index (κ2) is 31.5. The van der Waals surface area contributed by atoms with Crippen molar-refractivity contribution in [2.24, 2.45) is 0 Å². The number of benzene rings is 20. The van der Waals surface area contributed by atoms with E-state index in [1.54, 1.807) is 23.5 Å². The van der Waals surface area contributed by atoms with Gasteiger partial charge in [-0.1, -0.05) is 284 Å². The Morgan fingerprint density at radius 3 is 1.10 bits per heavy atom. The van der Waals surface area contributed by atoms with Crippen molar-refractivity contribution in [2.45, 2.75) is 43.2 Å². The van der Waals surface area contributed by atoms with E-state index in [0.29, 0.717) is 17.8 Å². The lowest BCUT2D eigenvalue weighted by Gasteiger charge is -2.20. The van der Waals surface area contributed by atoms with Crippen LogP contribution >= 0.6 is 46.6 Å². The van der Waals surface area contributed by atoms with E-state index >= 15 is 0 Å². The van der Waals surface area contributed by atoms with Crippen molar-refractivity contribution in [3.05, 3.63) is 430 Å². The van der Waals surface area contributed by atoms with Gasteiger partial charge in [-0.25, -0.2) is 29.9 Å². The summed E-state index contributed by atoms with van der Waals surface area (Å²) in [5, 5.41) is 20.1. The van der Waals surface area contributed by atoms with Crippen molar-refractivity contribution >= 4 is 230 Å². The summed E-state index contributed by atoms with van der Waals surface area (Å²) in [6.45, 7) is 4.30. The maximum absolute atomic E-state index is 6.72. The van der Waals surface area contributed by atoms with Gasteiger partial charge in [0.25, 0.3) is 0 Å². The van der Waals surface area contributed by atoms with Crippen molar-refractivity contribution in [1.82, 2.24) is 52.7 Å². The number of nitrogens with zero attached hydrogens (tertiary/aromatic N) is 11. The minimum absolute atomic E-state index is 0.684. The summed E-state index contributed by atoms with van der Waals surface area (Å²) in [6, 6.07) is 150. The Labute approximate surface area is 839 Å². The number of fused-ring (bicyclic) bond motifs is 30. The number of hydrogen-bond donors (Lipinski definition) is 0. The molecule has 0 spiro atoms. The molecule has 672 valence electrons. The van der Waals surface area contributed by atoms with E-state index in [0.717, 1.165) is 116 Å². The molecule has 20 aromatic carbocycles. The van der Waals surface area contributed by atoms with Crippen molar-refractivity contribution in [1.29, 1.82) is 0 Å². The van der Waals surface area contributed by atoms with Gasteiger partial charge in [-0.2, -0.15) is 0 Å². The van der Waals surface area contributed by atoms with Crippen LogP contribution in [0.15, 0.2) is 452 Å². The maximum Gasteiger partial charge on any atom is 0.235 e. The maximum atomic E-state index is 6.72. The highest BCUT2D eigenvalue weighted by Gasteiger charge is 2.33. The van der Waals surface area contributed by atoms with Crippen LogP contribution in [0.25, 0.3) is 269 Å². The molecule has 0 saturated heterocycles. The first kappa shape index (κ1) is 81.3. The molecule has 30 aromatic rings. The first-order valence-corrected chi connectivity index (χ1v) is 51.7. The molecular weight excluding hydrogens is 1840 g/mol. The normalized spacial score (nSPS) is 12.6. The van der Waals surface area contributed by atoms with Gasteiger partial charge in [-0.15, -0.1) is 11.3 Å². The molecule has 0 unspecified atom stereocenters. The van der Waals surface area contributed by atoms with Crippen LogP contribution in [0, 0.1) is 13.8 Å². The topological polar surface area (TPSA) is 115 Å². The number of rotatable bonds is 7. The van der Waals surface area contributed by atoms with Gasteiger partial charge < -0.3 is 13.6 Å². The smallest absolute Gasteiger partial charge is 0.235 e. The predicted octanol–water partition coefficient (Wildman–Crippen LogP) is 35.0. The zero-order valence-electron chi connectivity index (χ0n) is 77.3. The van der Waals surface area contributed by atoms with Gasteiger partial charge >= 0.3 is 0 Å². The molecule has 0 bridgehead atoms. The van der Waals surface area contributed by atoms with Gasteiger partial charge in [0.2, 0.25) is 17.8 Å². The molecule has 0 aliphatic carbocycles. The van der Waals surface area contributed by atoms with E-state index in [4.69, 9.17) is 34.3 Å². The largest absolute Gasteiger partial charge is 0.455 e. The standard InChI is InChI=1S/2C45H28N4S.C38H19N3OS2/c1-27-18-23-41-35(24-27)44-43-36(14-9-17-42(43)50-41)46-45(47-44)49-38-16-8-6-13-32(38)34-26-29(20-22-40(34)49)28-19-21-39-33(25-28)31-12-5-7-15-37(31)48(39)30-10-3-2-4-11-30;1-27-18-21-33-42(24-27)50-41-17-9-14-36-43(41)44(33)47-45(46-36)49-38-16-8-6-13-32(38)35-26-29(20-23-40(35)49)28-19-22-39-34(25-28)31-12-5-7-15-37(31)48(39)30-10-3-2-4-11-30;1-5-15-25-20(10-1)30-31-21-11-2-6-16-26(21)42-36(31)32-22-12-3-7-17-27(22)44-37(32)35(30)41(25)38-39-24-14-9-19-29-33(24)34(40-38)23-13-4-8-18-28(23)43-29/h2*2-26H,1H3;1-19H. The first-order valence-electron chi connectivity index (χ1n) is 48.4. The molecule has 144 heavy (non-hydrogen) atoms. The average molecular weight is 1910 g/mol. The lowest BCUT2D eigenvalue weighted by molar-refractivity contribution is 0.673. The van der Waals surface area contributed by atoms with Gasteiger partial charge in [0.15, 0.2) is 0 Å². The molecule has 0 atom stereocenters. The summed E-state index contributed by atoms with van der Waals surface area (Å²) in [4.78, 5) is 39.2. The molecular formula is C128H75N11OS4. The van der Waals surface area contributed by atoms with Gasteiger partial charge in [0.05, 0.1) is 93.5 Å². The molecule has 10 aromatic heterocycles. The van der Waals surface area contributed by atoms with E-state index in [1.165, 1.54) is 176 Å². The first-order chi connectivity index (χ1) is 71.2. The number of para-hydroxylation sites is 8. The van der Waals surface area contributed by atoms with Gasteiger partial charge in [-0.05, 0) is 218 Å². The summed E-state index contributed by atoms with van der Waals surface area (Å²) in [5.74, 6) is 2.07. The molecule has 13 heterocycles. The average Bonchev–Trinajstić information content (AvgIpc) is 1.52. The third-order valence-corrected chi connectivity index (χ3v) is 33.9. The van der Waals surface area contributed by atoms with Crippen LogP contribution in [0.5, 0.6) is 0 Å². The molecule has 12 nitrogen and oxygen atoms in total. The molecule has 16 heteroatoms. The second-order valence-corrected chi connectivity index (χ2v) is 41.9. The third-order valence-electron chi connectivity index (χ3n) is 29.3. The van der Waals surface area contributed by atoms with Crippen LogP contribution in [0.2, 0.25) is 0 Å². The molecule has 3 aliphatic rings. The highest BCUT2D eigenvalue weighted by molar-refractivity contribution is 8.00. The zero-order chi connectivity index (χ0) is 94.4. The van der Waals surface area contributed by atoms with Crippen molar-refractivity contribution in [3.8, 4) is 85.2 Å². The number of aromatic nitrogens is 11. The molecule has 0 saturated carbocycles. The number of aryl methyl sites for hydroxylation is 2. The minimum Gasteiger partial charge on any atom is -0.455 e. The molecule has 0 radical (unpaired) electrons. The fourth-order valence-electron chi connectivity index (χ4n) is 23.1. The Morgan fingerprint density at radius 1 is 0.222 bits per heavy atom. The van der Waals surface area contributed by atoms with E-state index in [-0.39, 0.29) is 0 Å². The summed E-state index contributed by atoms with van der Waals surface area (Å²) in [6.07, 6.45) is 0. The van der Waals surface area contributed by atoms with Crippen LogP contribution < -0.4 is 0 Å². The number of thiophene rings is 1. The van der Waals surface area contributed by atoms with Gasteiger partial charge in [-0.3, -0.25) is 13.7 Å². The zero-order valence-corrected chi connectivity index (χ0v) is 80.6. The quantitative estimate of drug-likeness (QED) is 0.153. The SMILES string of the molecule is Cc1ccc2c(c1)-c1nc(-n3c4ccccc4c4cc(-c5ccc6c(c5)c5ccccc5n6-c5ccccc5)ccc43)nc3cccc(c13)S2.Cc1ccc2c(c1)Sc1cccc3nc(-n4c5ccccc5c5cc(-c6ccc7c(c6)c6ccccc6n7-c6ccccc6)ccc54)nc-2c13.c1ccc2c(c1)Sc1cccc3nc(-n4c5ccccc5c5c6c7ccccc7oc6c6c7ccccc7sc6c54)nc-2c13. The highest BCUT2D eigenvalue weighted by atomic mass is 32.2. The molecule has 3 aliphatic heterocycles. The van der Waals surface area contributed by atoms with Crippen molar-refractivity contribution in [3.63, 3.8) is 0 Å². The lowest BCUT2D eigenvalue weighted by atomic mass is 10.0. The summed E-state index contributed by atoms with van der Waals surface area (Å²) in [5.41, 5.74) is 32.2. The van der Waals surface area contributed by atoms with Gasteiger partial charge in [0, 0.05) is 154 Å².